The van der Waals surface area contributed by atoms with Gasteiger partial charge in [-0.1, -0.05) is 66.7 Å². The molecule has 0 spiro atoms. The van der Waals surface area contributed by atoms with Crippen molar-refractivity contribution in [1.29, 1.82) is 0 Å². The molecular formula is C47H60N4O10. The Morgan fingerprint density at radius 3 is 2.10 bits per heavy atom. The van der Waals surface area contributed by atoms with Crippen molar-refractivity contribution >= 4 is 40.6 Å². The van der Waals surface area contributed by atoms with E-state index in [1.165, 1.54) is 5.01 Å². The van der Waals surface area contributed by atoms with Crippen LogP contribution in [0.4, 0.5) is 4.79 Å². The van der Waals surface area contributed by atoms with E-state index >= 15 is 0 Å². The number of nitrogens with zero attached hydrogens (tertiary/aromatic N) is 3. The number of rotatable bonds is 23. The van der Waals surface area contributed by atoms with Gasteiger partial charge in [-0.15, -0.1) is 0 Å². The summed E-state index contributed by atoms with van der Waals surface area (Å²) in [5.41, 5.74) is 5.45. The van der Waals surface area contributed by atoms with Crippen LogP contribution < -0.4 is 5.32 Å². The number of ether oxygens (including phenoxy) is 5. The van der Waals surface area contributed by atoms with Gasteiger partial charge in [0.25, 0.3) is 0 Å². The molecule has 1 atom stereocenters. The van der Waals surface area contributed by atoms with Gasteiger partial charge in [0, 0.05) is 63.0 Å². The Morgan fingerprint density at radius 1 is 0.787 bits per heavy atom. The summed E-state index contributed by atoms with van der Waals surface area (Å²) in [6.45, 7) is 8.72. The Kier molecular flexibility index (Phi) is 17.0. The summed E-state index contributed by atoms with van der Waals surface area (Å²) in [7, 11) is 3.43. The molecule has 1 aliphatic carbocycles. The van der Waals surface area contributed by atoms with Gasteiger partial charge in [0.05, 0.1) is 38.3 Å². The van der Waals surface area contributed by atoms with Crippen LogP contribution in [0.3, 0.4) is 0 Å². The molecule has 0 saturated heterocycles. The Labute approximate surface area is 358 Å². The third-order valence-electron chi connectivity index (χ3n) is 10.4. The van der Waals surface area contributed by atoms with Gasteiger partial charge in [-0.3, -0.25) is 14.4 Å². The molecule has 61 heavy (non-hydrogen) atoms. The molecule has 0 bridgehead atoms. The normalized spacial score (nSPS) is 12.8. The first-order chi connectivity index (χ1) is 29.2. The lowest BCUT2D eigenvalue weighted by Gasteiger charge is -2.28. The highest BCUT2D eigenvalue weighted by Crippen LogP contribution is 2.44. The zero-order valence-corrected chi connectivity index (χ0v) is 36.3. The van der Waals surface area contributed by atoms with Gasteiger partial charge in [0.15, 0.2) is 6.73 Å². The molecule has 3 aromatic carbocycles. The van der Waals surface area contributed by atoms with Crippen molar-refractivity contribution in [1.82, 2.24) is 19.9 Å². The highest BCUT2D eigenvalue weighted by molar-refractivity contribution is 5.85. The minimum Gasteiger partial charge on any atom is -0.460 e. The van der Waals surface area contributed by atoms with E-state index in [-0.39, 0.29) is 64.0 Å². The number of amides is 2. The maximum Gasteiger partial charge on any atom is 0.424 e. The highest BCUT2D eigenvalue weighted by atomic mass is 16.6. The van der Waals surface area contributed by atoms with Crippen LogP contribution in [0.15, 0.2) is 78.9 Å². The van der Waals surface area contributed by atoms with Crippen LogP contribution >= 0.6 is 0 Å². The van der Waals surface area contributed by atoms with E-state index in [2.05, 4.69) is 29.6 Å². The van der Waals surface area contributed by atoms with E-state index in [9.17, 15) is 24.0 Å². The lowest BCUT2D eigenvalue weighted by molar-refractivity contribution is -0.156. The topological polar surface area (TPSA) is 155 Å². The number of para-hydroxylation sites is 1. The first-order valence-electron chi connectivity index (χ1n) is 20.9. The molecule has 2 amide bonds. The van der Waals surface area contributed by atoms with Gasteiger partial charge in [-0.2, -0.15) is 0 Å². The van der Waals surface area contributed by atoms with E-state index in [0.717, 1.165) is 38.9 Å². The number of carbonyl (C=O) groups is 5. The van der Waals surface area contributed by atoms with Crippen molar-refractivity contribution in [2.24, 2.45) is 5.92 Å². The van der Waals surface area contributed by atoms with E-state index in [0.29, 0.717) is 32.7 Å². The van der Waals surface area contributed by atoms with Gasteiger partial charge in [0.1, 0.15) is 18.0 Å². The molecule has 14 nitrogen and oxygen atoms in total. The number of benzene rings is 3. The van der Waals surface area contributed by atoms with Gasteiger partial charge in [-0.05, 0) is 74.9 Å². The third kappa shape index (κ3) is 13.7. The molecule has 14 heteroatoms. The highest BCUT2D eigenvalue weighted by Gasteiger charge is 2.30. The predicted octanol–water partition coefficient (Wildman–Crippen LogP) is 7.02. The maximum atomic E-state index is 13.4. The van der Waals surface area contributed by atoms with Crippen molar-refractivity contribution in [3.8, 4) is 11.1 Å². The number of carbonyl (C=O) groups excluding carboxylic acids is 5. The average molecular weight is 841 g/mol. The van der Waals surface area contributed by atoms with Crippen LogP contribution in [0, 0.1) is 5.92 Å². The van der Waals surface area contributed by atoms with Crippen LogP contribution in [-0.2, 0) is 56.1 Å². The van der Waals surface area contributed by atoms with Gasteiger partial charge in [0.2, 0.25) is 5.91 Å². The van der Waals surface area contributed by atoms with Crippen molar-refractivity contribution in [3.05, 3.63) is 95.7 Å². The minimum atomic E-state index is -0.859. The Bertz CT molecular complexity index is 2080. The summed E-state index contributed by atoms with van der Waals surface area (Å²) in [5.74, 6) is -2.31. The number of nitrogens with one attached hydrogen (secondary N) is 1. The number of hydrogen-bond acceptors (Lipinski definition) is 11. The van der Waals surface area contributed by atoms with Crippen LogP contribution in [0.5, 0.6) is 0 Å². The number of aromatic nitrogens is 1. The van der Waals surface area contributed by atoms with Crippen LogP contribution in [0.25, 0.3) is 22.0 Å². The number of Topliss-reactive ketones (excluding diaryl/α,β-unsaturated/α-hetero) is 1. The second kappa shape index (κ2) is 22.3. The zero-order chi connectivity index (χ0) is 43.9. The summed E-state index contributed by atoms with van der Waals surface area (Å²) < 4.78 is 30.0. The second-order valence-electron chi connectivity index (χ2n) is 16.3. The molecule has 1 heterocycles. The third-order valence-corrected chi connectivity index (χ3v) is 10.4. The Hall–Kier alpha value is -5.57. The fourth-order valence-electron chi connectivity index (χ4n) is 7.26. The van der Waals surface area contributed by atoms with Crippen molar-refractivity contribution in [2.45, 2.75) is 84.6 Å². The van der Waals surface area contributed by atoms with E-state index in [1.54, 1.807) is 46.8 Å². The number of esters is 2. The van der Waals surface area contributed by atoms with E-state index in [1.807, 2.05) is 59.2 Å². The standard InChI is InChI=1S/C47H60N4O10/c1-33(52)14-13-24-57-26-27-58-25-23-48-45(55)35(21-22-43(53)61-47(2,3)4)29-44(54)60-32-51-36(28-34-15-7-12-20-42(34)51)30-49(5)50(6)46(56)59-31-41-39-18-10-8-16-37(39)38-17-9-11-19-40(38)41/h7-12,15-20,28,35,41H,13-14,21-27,29-32H2,1-6H3,(H,48,55)/t35-/m1/s1. The number of fused-ring (bicyclic) bond motifs is 4. The SMILES string of the molecule is CC(=O)CCCOCCOCCNC(=O)[C@H](CCC(=O)OC(C)(C)C)CC(=O)OCn1c(CN(C)N(C)C(=O)OCC2c3ccccc3-c3ccccc32)cc2ccccc21. The van der Waals surface area contributed by atoms with Crippen molar-refractivity contribution in [3.63, 3.8) is 0 Å². The van der Waals surface area contributed by atoms with Gasteiger partial charge in [-0.25, -0.2) is 14.8 Å². The lowest BCUT2D eigenvalue weighted by Crippen LogP contribution is -2.41. The summed E-state index contributed by atoms with van der Waals surface area (Å²) >= 11 is 0. The van der Waals surface area contributed by atoms with Crippen LogP contribution in [0.1, 0.15) is 82.5 Å². The fourth-order valence-corrected chi connectivity index (χ4v) is 7.26. The Balaban J connectivity index is 1.16. The first kappa shape index (κ1) is 46.5. The van der Waals surface area contributed by atoms with Gasteiger partial charge >= 0.3 is 18.0 Å². The predicted molar refractivity (Wildman–Crippen MR) is 230 cm³/mol. The average Bonchev–Trinajstić information content (AvgIpc) is 3.74. The van der Waals surface area contributed by atoms with Crippen LogP contribution in [0.2, 0.25) is 0 Å². The maximum absolute atomic E-state index is 13.4. The summed E-state index contributed by atoms with van der Waals surface area (Å²) in [6.07, 6.45) is 0.381. The zero-order valence-electron chi connectivity index (χ0n) is 36.3. The van der Waals surface area contributed by atoms with Crippen LogP contribution in [-0.4, -0.2) is 104 Å². The first-order valence-corrected chi connectivity index (χ1v) is 20.9. The molecule has 0 saturated carbocycles. The summed E-state index contributed by atoms with van der Waals surface area (Å²) in [4.78, 5) is 63.8. The molecular weight excluding hydrogens is 781 g/mol. The molecule has 1 aliphatic rings. The monoisotopic (exact) mass is 840 g/mol. The smallest absolute Gasteiger partial charge is 0.424 e. The Morgan fingerprint density at radius 2 is 1.43 bits per heavy atom. The molecule has 1 N–H and O–H groups in total. The molecule has 5 rings (SSSR count). The molecule has 0 aliphatic heterocycles. The number of ketones is 1. The molecule has 0 fully saturated rings. The molecule has 0 unspecified atom stereocenters. The molecule has 1 aromatic heterocycles. The minimum absolute atomic E-state index is 0.0595. The second-order valence-corrected chi connectivity index (χ2v) is 16.3. The summed E-state index contributed by atoms with van der Waals surface area (Å²) in [5, 5.41) is 6.88. The largest absolute Gasteiger partial charge is 0.460 e. The fraction of sp³-hybridized carbons (Fsp3) is 0.468. The molecule has 4 aromatic rings. The quantitative estimate of drug-likeness (QED) is 0.0355. The van der Waals surface area contributed by atoms with E-state index in [4.69, 9.17) is 23.7 Å². The van der Waals surface area contributed by atoms with Gasteiger partial charge < -0.3 is 38.4 Å². The number of hydrazine groups is 1. The van der Waals surface area contributed by atoms with E-state index < -0.39 is 35.5 Å². The molecule has 0 radical (unpaired) electrons. The summed E-state index contributed by atoms with van der Waals surface area (Å²) in [6, 6.07) is 26.0. The van der Waals surface area contributed by atoms with Crippen molar-refractivity contribution in [2.75, 3.05) is 53.7 Å². The lowest BCUT2D eigenvalue weighted by atomic mass is 9.98. The number of hydrogen-bond donors (Lipinski definition) is 1. The molecule has 328 valence electrons. The van der Waals surface area contributed by atoms with Crippen molar-refractivity contribution < 1.29 is 47.7 Å².